The molecule has 8 nitrogen and oxygen atoms in total. The smallest absolute Gasteiger partial charge is 0.295 e. The van der Waals surface area contributed by atoms with Crippen molar-refractivity contribution in [1.82, 2.24) is 4.90 Å². The van der Waals surface area contributed by atoms with Crippen LogP contribution in [-0.4, -0.2) is 43.3 Å². The summed E-state index contributed by atoms with van der Waals surface area (Å²) in [7, 11) is -3.83. The van der Waals surface area contributed by atoms with Crippen LogP contribution in [0.1, 0.15) is 29.7 Å². The third-order valence-electron chi connectivity index (χ3n) is 6.07. The van der Waals surface area contributed by atoms with Crippen LogP contribution in [0.2, 0.25) is 5.02 Å². The van der Waals surface area contributed by atoms with Crippen molar-refractivity contribution in [3.05, 3.63) is 100 Å². The first kappa shape index (κ1) is 26.4. The van der Waals surface area contributed by atoms with E-state index in [9.17, 15) is 23.1 Å². The number of nitrogens with zero attached hydrogens (tertiary/aromatic N) is 1. The largest absolute Gasteiger partial charge is 0.507 e. The molecular weight excluding hydrogens is 516 g/mol. The van der Waals surface area contributed by atoms with Crippen molar-refractivity contribution in [3.8, 4) is 5.75 Å². The number of primary sulfonamides is 1. The summed E-state index contributed by atoms with van der Waals surface area (Å²) in [5, 5.41) is 16.7. The molecule has 3 N–H and O–H groups in total. The number of hydrogen-bond acceptors (Lipinski definition) is 6. The summed E-state index contributed by atoms with van der Waals surface area (Å²) in [6.45, 7) is 2.45. The van der Waals surface area contributed by atoms with Crippen LogP contribution in [0.5, 0.6) is 5.75 Å². The highest BCUT2D eigenvalue weighted by Gasteiger charge is 2.46. The van der Waals surface area contributed by atoms with E-state index in [1.807, 2.05) is 6.92 Å². The first-order valence-electron chi connectivity index (χ1n) is 11.5. The summed E-state index contributed by atoms with van der Waals surface area (Å²) in [6, 6.07) is 18.5. The number of ether oxygens (including phenoxy) is 1. The quantitative estimate of drug-likeness (QED) is 0.252. The van der Waals surface area contributed by atoms with E-state index in [0.29, 0.717) is 34.9 Å². The van der Waals surface area contributed by atoms with E-state index in [1.165, 1.54) is 17.0 Å². The van der Waals surface area contributed by atoms with E-state index in [0.717, 1.165) is 5.56 Å². The number of ketones is 1. The molecule has 1 aliphatic rings. The lowest BCUT2D eigenvalue weighted by atomic mass is 9.95. The number of hydrogen-bond donors (Lipinski definition) is 2. The van der Waals surface area contributed by atoms with Gasteiger partial charge >= 0.3 is 0 Å². The summed E-state index contributed by atoms with van der Waals surface area (Å²) in [6.07, 6.45) is 0.321. The first-order valence-corrected chi connectivity index (χ1v) is 13.4. The second-order valence-corrected chi connectivity index (χ2v) is 10.4. The molecule has 1 aliphatic heterocycles. The third-order valence-corrected chi connectivity index (χ3v) is 7.35. The molecule has 37 heavy (non-hydrogen) atoms. The van der Waals surface area contributed by atoms with Gasteiger partial charge in [0.15, 0.2) is 0 Å². The Bertz CT molecular complexity index is 1470. The van der Waals surface area contributed by atoms with Crippen LogP contribution < -0.4 is 9.88 Å². The van der Waals surface area contributed by atoms with Gasteiger partial charge in [0, 0.05) is 17.1 Å². The highest BCUT2D eigenvalue weighted by Crippen LogP contribution is 2.42. The molecule has 1 amide bonds. The Hall–Kier alpha value is -3.66. The topological polar surface area (TPSA) is 127 Å². The van der Waals surface area contributed by atoms with Crippen LogP contribution >= 0.6 is 11.6 Å². The van der Waals surface area contributed by atoms with Gasteiger partial charge in [0.2, 0.25) is 10.0 Å². The fraction of sp³-hybridized carbons (Fsp3) is 0.185. The number of Topliss-reactive ketones (excluding diaryl/α,β-unsaturated/α-hetero) is 1. The molecule has 1 heterocycles. The maximum Gasteiger partial charge on any atom is 0.295 e. The SMILES string of the molecule is CCOc1ccc(C(O)=C2C(=O)C(=O)N(CCc3ccc(S(N)(=O)=O)cc3)[C@H]2c2ccccc2Cl)cc1. The van der Waals surface area contributed by atoms with Crippen molar-refractivity contribution in [1.29, 1.82) is 0 Å². The first-order chi connectivity index (χ1) is 17.6. The van der Waals surface area contributed by atoms with E-state index in [-0.39, 0.29) is 22.8 Å². The summed E-state index contributed by atoms with van der Waals surface area (Å²) in [5.41, 5.74) is 1.53. The molecule has 10 heteroatoms. The molecule has 4 rings (SSSR count). The standard InChI is InChI=1S/C27H25ClN2O6S/c1-2-36-19-11-9-18(10-12-19)25(31)23-24(21-5-3-4-6-22(21)28)30(27(33)26(23)32)16-15-17-7-13-20(14-8-17)37(29,34)35/h3-14,24,31H,2,15-16H2,1H3,(H2,29,34,35)/t24-/m0/s1. The molecule has 3 aromatic carbocycles. The van der Waals surface area contributed by atoms with Crippen molar-refractivity contribution in [2.45, 2.75) is 24.3 Å². The number of halogens is 1. The van der Waals surface area contributed by atoms with Crippen LogP contribution in [0.4, 0.5) is 0 Å². The predicted molar refractivity (Wildman–Crippen MR) is 140 cm³/mol. The van der Waals surface area contributed by atoms with Gasteiger partial charge in [-0.3, -0.25) is 9.59 Å². The minimum absolute atomic E-state index is 0.0249. The Balaban J connectivity index is 1.72. The van der Waals surface area contributed by atoms with Crippen molar-refractivity contribution >= 4 is 39.1 Å². The van der Waals surface area contributed by atoms with Gasteiger partial charge in [-0.1, -0.05) is 41.9 Å². The van der Waals surface area contributed by atoms with Crippen LogP contribution in [0.25, 0.3) is 5.76 Å². The zero-order chi connectivity index (χ0) is 26.7. The Morgan fingerprint density at radius 3 is 2.27 bits per heavy atom. The van der Waals surface area contributed by atoms with Gasteiger partial charge in [-0.05, 0) is 66.9 Å². The minimum Gasteiger partial charge on any atom is -0.507 e. The predicted octanol–water partition coefficient (Wildman–Crippen LogP) is 4.05. The molecule has 0 unspecified atom stereocenters. The van der Waals surface area contributed by atoms with Gasteiger partial charge in [0.05, 0.1) is 23.1 Å². The zero-order valence-electron chi connectivity index (χ0n) is 19.9. The van der Waals surface area contributed by atoms with E-state index in [4.69, 9.17) is 21.5 Å². The van der Waals surface area contributed by atoms with Crippen molar-refractivity contribution in [2.75, 3.05) is 13.2 Å². The lowest BCUT2D eigenvalue weighted by Gasteiger charge is -2.26. The van der Waals surface area contributed by atoms with Crippen molar-refractivity contribution < 1.29 is 27.9 Å². The third kappa shape index (κ3) is 5.53. The van der Waals surface area contributed by atoms with Gasteiger partial charge in [0.25, 0.3) is 11.7 Å². The highest BCUT2D eigenvalue weighted by molar-refractivity contribution is 7.89. The Kier molecular flexibility index (Phi) is 7.68. The van der Waals surface area contributed by atoms with Crippen LogP contribution in [-0.2, 0) is 26.0 Å². The van der Waals surface area contributed by atoms with E-state index in [2.05, 4.69) is 0 Å². The van der Waals surface area contributed by atoms with Crippen LogP contribution in [0.15, 0.2) is 83.3 Å². The van der Waals surface area contributed by atoms with Gasteiger partial charge in [0.1, 0.15) is 11.5 Å². The van der Waals surface area contributed by atoms with E-state index < -0.39 is 27.8 Å². The molecule has 0 aliphatic carbocycles. The molecule has 1 atom stereocenters. The van der Waals surface area contributed by atoms with E-state index >= 15 is 0 Å². The lowest BCUT2D eigenvalue weighted by Crippen LogP contribution is -2.31. The monoisotopic (exact) mass is 540 g/mol. The highest BCUT2D eigenvalue weighted by atomic mass is 35.5. The average molecular weight is 541 g/mol. The van der Waals surface area contributed by atoms with Crippen LogP contribution in [0, 0.1) is 0 Å². The van der Waals surface area contributed by atoms with Crippen molar-refractivity contribution in [3.63, 3.8) is 0 Å². The average Bonchev–Trinajstić information content (AvgIpc) is 3.12. The number of rotatable bonds is 8. The number of aliphatic hydroxyl groups is 1. The van der Waals surface area contributed by atoms with Gasteiger partial charge in [-0.25, -0.2) is 13.6 Å². The number of sulfonamides is 1. The fourth-order valence-corrected chi connectivity index (χ4v) is 5.01. The Morgan fingerprint density at radius 2 is 1.68 bits per heavy atom. The molecule has 0 aromatic heterocycles. The number of carbonyl (C=O) groups excluding carboxylic acids is 2. The fourth-order valence-electron chi connectivity index (χ4n) is 4.26. The van der Waals surface area contributed by atoms with Gasteiger partial charge < -0.3 is 14.7 Å². The number of aliphatic hydroxyl groups excluding tert-OH is 1. The second kappa shape index (κ2) is 10.8. The summed E-state index contributed by atoms with van der Waals surface area (Å²) >= 11 is 6.48. The van der Waals surface area contributed by atoms with Gasteiger partial charge in [-0.2, -0.15) is 0 Å². The molecule has 0 saturated carbocycles. The Morgan fingerprint density at radius 1 is 1.03 bits per heavy atom. The number of likely N-dealkylation sites (tertiary alicyclic amines) is 1. The second-order valence-electron chi connectivity index (χ2n) is 8.41. The summed E-state index contributed by atoms with van der Waals surface area (Å²) in [5.74, 6) is -1.29. The zero-order valence-corrected chi connectivity index (χ0v) is 21.5. The molecule has 3 aromatic rings. The molecule has 0 bridgehead atoms. The minimum atomic E-state index is -3.83. The number of benzene rings is 3. The normalized spacial score (nSPS) is 17.3. The maximum atomic E-state index is 13.2. The summed E-state index contributed by atoms with van der Waals surface area (Å²) in [4.78, 5) is 27.7. The van der Waals surface area contributed by atoms with Crippen LogP contribution in [0.3, 0.4) is 0 Å². The lowest BCUT2D eigenvalue weighted by molar-refractivity contribution is -0.139. The number of carbonyl (C=O) groups is 2. The molecule has 1 fully saturated rings. The molecule has 1 saturated heterocycles. The molecular formula is C27H25ClN2O6S. The van der Waals surface area contributed by atoms with E-state index in [1.54, 1.807) is 60.7 Å². The summed E-state index contributed by atoms with van der Waals surface area (Å²) < 4.78 is 28.5. The molecule has 0 radical (unpaired) electrons. The Labute approximate surface area is 220 Å². The van der Waals surface area contributed by atoms with Gasteiger partial charge in [-0.15, -0.1) is 0 Å². The molecule has 192 valence electrons. The van der Waals surface area contributed by atoms with Crippen molar-refractivity contribution in [2.24, 2.45) is 5.14 Å². The number of nitrogens with two attached hydrogens (primary N) is 1. The molecule has 0 spiro atoms. The maximum absolute atomic E-state index is 13.2. The number of amides is 1.